The molecule has 0 atom stereocenters. The number of nitrogen functional groups attached to an aromatic ring is 3. The van der Waals surface area contributed by atoms with Gasteiger partial charge in [0.25, 0.3) is 0 Å². The Hall–Kier alpha value is -0.510. The van der Waals surface area contributed by atoms with Gasteiger partial charge in [-0.15, -0.1) is 37.2 Å². The first kappa shape index (κ1) is 17.5. The molecule has 3 nitrogen and oxygen atoms in total. The fourth-order valence-corrected chi connectivity index (χ4v) is 0.602. The lowest BCUT2D eigenvalue weighted by atomic mass is 10.2. The summed E-state index contributed by atoms with van der Waals surface area (Å²) in [5, 5.41) is 0. The third kappa shape index (κ3) is 3.76. The minimum atomic E-state index is 0. The molecule has 0 heterocycles. The molecule has 6 heteroatoms. The van der Waals surface area contributed by atoms with Crippen LogP contribution in [-0.2, 0) is 0 Å². The molecule has 72 valence electrons. The number of halogens is 3. The molecule has 0 bridgehead atoms. The normalized spacial score (nSPS) is 7.00. The van der Waals surface area contributed by atoms with Crippen LogP contribution >= 0.6 is 37.2 Å². The Morgan fingerprint density at radius 3 is 1.33 bits per heavy atom. The zero-order valence-electron chi connectivity index (χ0n) is 6.19. The van der Waals surface area contributed by atoms with Crippen LogP contribution in [0.15, 0.2) is 18.2 Å². The standard InChI is InChI=1S/C6H9N3.3ClH/c7-4-2-1-3-5(8)6(4)9;;;/h1-3H,7-9H2;3*1H. The zero-order valence-corrected chi connectivity index (χ0v) is 8.64. The van der Waals surface area contributed by atoms with Crippen LogP contribution in [0.2, 0.25) is 0 Å². The van der Waals surface area contributed by atoms with Crippen LogP contribution < -0.4 is 17.2 Å². The molecular weight excluding hydrogens is 220 g/mol. The summed E-state index contributed by atoms with van der Waals surface area (Å²) < 4.78 is 0. The molecule has 0 fully saturated rings. The second-order valence-corrected chi connectivity index (χ2v) is 1.85. The van der Waals surface area contributed by atoms with Gasteiger partial charge in [0.2, 0.25) is 0 Å². The van der Waals surface area contributed by atoms with Gasteiger partial charge in [-0.3, -0.25) is 0 Å². The Morgan fingerprint density at radius 2 is 1.08 bits per heavy atom. The van der Waals surface area contributed by atoms with Gasteiger partial charge in [-0.05, 0) is 12.1 Å². The van der Waals surface area contributed by atoms with Crippen LogP contribution in [0.5, 0.6) is 0 Å². The topological polar surface area (TPSA) is 78.1 Å². The first-order valence-electron chi connectivity index (χ1n) is 2.61. The number of nitrogens with two attached hydrogens (primary N) is 3. The van der Waals surface area contributed by atoms with E-state index >= 15 is 0 Å². The highest BCUT2D eigenvalue weighted by atomic mass is 35.5. The first-order chi connectivity index (χ1) is 4.22. The molecule has 0 aromatic heterocycles. The van der Waals surface area contributed by atoms with Crippen molar-refractivity contribution in [2.24, 2.45) is 0 Å². The van der Waals surface area contributed by atoms with Crippen molar-refractivity contribution >= 4 is 54.3 Å². The summed E-state index contributed by atoms with van der Waals surface area (Å²) in [6.07, 6.45) is 0. The van der Waals surface area contributed by atoms with Gasteiger partial charge in [0, 0.05) is 0 Å². The van der Waals surface area contributed by atoms with Gasteiger partial charge >= 0.3 is 0 Å². The Labute approximate surface area is 89.9 Å². The van der Waals surface area contributed by atoms with Crippen molar-refractivity contribution in [3.8, 4) is 0 Å². The van der Waals surface area contributed by atoms with E-state index in [2.05, 4.69) is 0 Å². The van der Waals surface area contributed by atoms with Crippen LogP contribution in [0.1, 0.15) is 0 Å². The summed E-state index contributed by atoms with van der Waals surface area (Å²) in [4.78, 5) is 0. The lowest BCUT2D eigenvalue weighted by molar-refractivity contribution is 1.65. The number of rotatable bonds is 0. The minimum absolute atomic E-state index is 0. The van der Waals surface area contributed by atoms with E-state index < -0.39 is 0 Å². The highest BCUT2D eigenvalue weighted by Gasteiger charge is 1.94. The van der Waals surface area contributed by atoms with Crippen LogP contribution in [0, 0.1) is 0 Å². The lowest BCUT2D eigenvalue weighted by Crippen LogP contribution is -1.98. The van der Waals surface area contributed by atoms with E-state index in [9.17, 15) is 0 Å². The molecule has 0 radical (unpaired) electrons. The molecule has 12 heavy (non-hydrogen) atoms. The highest BCUT2D eigenvalue weighted by molar-refractivity contribution is 5.86. The Morgan fingerprint density at radius 1 is 0.750 bits per heavy atom. The molecule has 0 saturated carbocycles. The molecule has 1 rings (SSSR count). The van der Waals surface area contributed by atoms with Gasteiger partial charge in [-0.25, -0.2) is 0 Å². The molecule has 0 aliphatic heterocycles. The second-order valence-electron chi connectivity index (χ2n) is 1.85. The monoisotopic (exact) mass is 231 g/mol. The second kappa shape index (κ2) is 7.16. The maximum absolute atomic E-state index is 5.43. The largest absolute Gasteiger partial charge is 0.397 e. The number of benzene rings is 1. The third-order valence-electron chi connectivity index (χ3n) is 1.17. The highest BCUT2D eigenvalue weighted by Crippen LogP contribution is 2.20. The predicted octanol–water partition coefficient (Wildman–Crippen LogP) is 1.70. The van der Waals surface area contributed by atoms with Crippen molar-refractivity contribution in [2.45, 2.75) is 0 Å². The molecule has 0 saturated heterocycles. The van der Waals surface area contributed by atoms with Crippen LogP contribution in [-0.4, -0.2) is 0 Å². The van der Waals surface area contributed by atoms with E-state index in [0.29, 0.717) is 17.1 Å². The fourth-order valence-electron chi connectivity index (χ4n) is 0.602. The molecule has 0 unspecified atom stereocenters. The number of anilines is 3. The van der Waals surface area contributed by atoms with Crippen molar-refractivity contribution in [1.29, 1.82) is 0 Å². The van der Waals surface area contributed by atoms with E-state index in [4.69, 9.17) is 17.2 Å². The number of hydrogen-bond acceptors (Lipinski definition) is 3. The quantitative estimate of drug-likeness (QED) is 0.596. The van der Waals surface area contributed by atoms with E-state index in [-0.39, 0.29) is 37.2 Å². The summed E-state index contributed by atoms with van der Waals surface area (Å²) in [5.74, 6) is 0. The average molecular weight is 233 g/mol. The third-order valence-corrected chi connectivity index (χ3v) is 1.17. The van der Waals surface area contributed by atoms with Gasteiger partial charge < -0.3 is 17.2 Å². The maximum atomic E-state index is 5.43. The zero-order chi connectivity index (χ0) is 6.85. The molecule has 6 N–H and O–H groups in total. The molecule has 0 aliphatic carbocycles. The minimum Gasteiger partial charge on any atom is -0.397 e. The molecule has 1 aromatic carbocycles. The SMILES string of the molecule is Cl.Cl.Cl.Nc1cccc(N)c1N. The average Bonchev–Trinajstić information content (AvgIpc) is 1.83. The fraction of sp³-hybridized carbons (Fsp3) is 0. The summed E-state index contributed by atoms with van der Waals surface area (Å²) in [7, 11) is 0. The van der Waals surface area contributed by atoms with E-state index in [1.165, 1.54) is 0 Å². The van der Waals surface area contributed by atoms with Gasteiger partial charge in [-0.1, -0.05) is 6.07 Å². The summed E-state index contributed by atoms with van der Waals surface area (Å²) in [5.41, 5.74) is 17.8. The summed E-state index contributed by atoms with van der Waals surface area (Å²) in [6, 6.07) is 5.19. The van der Waals surface area contributed by atoms with E-state index in [1.807, 2.05) is 0 Å². The van der Waals surface area contributed by atoms with Crippen molar-refractivity contribution in [3.63, 3.8) is 0 Å². The van der Waals surface area contributed by atoms with Crippen molar-refractivity contribution in [1.82, 2.24) is 0 Å². The van der Waals surface area contributed by atoms with Crippen molar-refractivity contribution in [3.05, 3.63) is 18.2 Å². The Balaban J connectivity index is -0.000000270. The number of para-hydroxylation sites is 1. The molecule has 0 aliphatic rings. The first-order valence-corrected chi connectivity index (χ1v) is 2.61. The predicted molar refractivity (Wildman–Crippen MR) is 61.4 cm³/mol. The Bertz CT molecular complexity index is 209. The van der Waals surface area contributed by atoms with Crippen LogP contribution in [0.3, 0.4) is 0 Å². The van der Waals surface area contributed by atoms with Crippen molar-refractivity contribution in [2.75, 3.05) is 17.2 Å². The number of hydrogen-bond donors (Lipinski definition) is 3. The van der Waals surface area contributed by atoms with Gasteiger partial charge in [0.1, 0.15) is 0 Å². The molecule has 0 spiro atoms. The maximum Gasteiger partial charge on any atom is 0.0781 e. The Kier molecular flexibility index (Phi) is 10.5. The molecule has 0 amide bonds. The summed E-state index contributed by atoms with van der Waals surface area (Å²) in [6.45, 7) is 0. The van der Waals surface area contributed by atoms with Gasteiger partial charge in [0.05, 0.1) is 17.1 Å². The van der Waals surface area contributed by atoms with Gasteiger partial charge in [-0.2, -0.15) is 0 Å². The van der Waals surface area contributed by atoms with Crippen LogP contribution in [0.25, 0.3) is 0 Å². The molecule has 1 aromatic rings. The lowest BCUT2D eigenvalue weighted by Gasteiger charge is -2.00. The van der Waals surface area contributed by atoms with E-state index in [0.717, 1.165) is 0 Å². The molecular formula is C6H12Cl3N3. The van der Waals surface area contributed by atoms with E-state index in [1.54, 1.807) is 18.2 Å². The van der Waals surface area contributed by atoms with Gasteiger partial charge in [0.15, 0.2) is 0 Å². The van der Waals surface area contributed by atoms with Crippen molar-refractivity contribution < 1.29 is 0 Å². The summed E-state index contributed by atoms with van der Waals surface area (Å²) >= 11 is 0. The smallest absolute Gasteiger partial charge is 0.0781 e. The van der Waals surface area contributed by atoms with Crippen LogP contribution in [0.4, 0.5) is 17.1 Å².